The number of rotatable bonds is 5. The van der Waals surface area contributed by atoms with Crippen molar-refractivity contribution in [2.45, 2.75) is 13.0 Å². The average molecular weight is 536 g/mol. The Kier molecular flexibility index (Phi) is 6.23. The van der Waals surface area contributed by atoms with Crippen LogP contribution in [0.1, 0.15) is 27.2 Å². The molecular weight excluding hydrogens is 511 g/mol. The van der Waals surface area contributed by atoms with E-state index in [2.05, 4.69) is 86.1 Å². The number of fused-ring (bicyclic) bond motifs is 1. The Balaban J connectivity index is 1.23. The Morgan fingerprint density at radius 3 is 2.53 bits per heavy atom. The normalized spacial score (nSPS) is 14.7. The van der Waals surface area contributed by atoms with Crippen LogP contribution in [-0.4, -0.2) is 51.9 Å². The number of pyridine rings is 1. The summed E-state index contributed by atoms with van der Waals surface area (Å²) in [6.07, 6.45) is 4.54. The van der Waals surface area contributed by atoms with E-state index in [1.54, 1.807) is 6.20 Å². The van der Waals surface area contributed by atoms with Crippen molar-refractivity contribution in [2.24, 2.45) is 0 Å². The molecule has 0 unspecified atom stereocenters. The van der Waals surface area contributed by atoms with Crippen molar-refractivity contribution < 1.29 is 4.79 Å². The molecule has 0 saturated carbocycles. The number of carbonyl (C=O) groups excluding carboxylic acids is 1. The van der Waals surface area contributed by atoms with Crippen LogP contribution in [0, 0.1) is 3.57 Å². The number of hydrogen-bond donors (Lipinski definition) is 1. The van der Waals surface area contributed by atoms with Crippen molar-refractivity contribution >= 4 is 39.4 Å². The molecule has 1 fully saturated rings. The number of piperazine rings is 1. The second-order valence-electron chi connectivity index (χ2n) is 8.24. The summed E-state index contributed by atoms with van der Waals surface area (Å²) in [4.78, 5) is 25.4. The largest absolute Gasteiger partial charge is 0.361 e. The smallest absolute Gasteiger partial charge is 0.255 e. The number of nitrogens with one attached hydrogen (secondary N) is 1. The standard InChI is InChI=1S/C26H25IN4O/c27-23-14-21(17-29-25(23)15-20-16-28-24-9-5-4-8-22(20)24)26(32)31-12-10-30(11-13-31)18-19-6-2-1-3-7-19/h1-9,14,16-17,28H,10-13,15,18H2. The van der Waals surface area contributed by atoms with Crippen molar-refractivity contribution in [3.8, 4) is 0 Å². The van der Waals surface area contributed by atoms with Crippen LogP contribution in [0.25, 0.3) is 10.9 Å². The molecule has 2 aromatic carbocycles. The molecule has 4 aromatic rings. The van der Waals surface area contributed by atoms with E-state index in [4.69, 9.17) is 0 Å². The van der Waals surface area contributed by atoms with E-state index in [0.29, 0.717) is 5.56 Å². The molecule has 1 amide bonds. The van der Waals surface area contributed by atoms with E-state index in [1.165, 1.54) is 16.5 Å². The number of aromatic amines is 1. The van der Waals surface area contributed by atoms with Crippen LogP contribution < -0.4 is 0 Å². The first-order chi connectivity index (χ1) is 15.7. The Bertz CT molecular complexity index is 1230. The average Bonchev–Trinajstić information content (AvgIpc) is 3.24. The molecule has 1 N–H and O–H groups in total. The number of carbonyl (C=O) groups is 1. The minimum absolute atomic E-state index is 0.0772. The van der Waals surface area contributed by atoms with Gasteiger partial charge in [-0.1, -0.05) is 48.5 Å². The monoisotopic (exact) mass is 536 g/mol. The summed E-state index contributed by atoms with van der Waals surface area (Å²) in [6, 6.07) is 20.8. The first-order valence-corrected chi connectivity index (χ1v) is 12.0. The predicted octanol–water partition coefficient (Wildman–Crippen LogP) is 4.72. The lowest BCUT2D eigenvalue weighted by molar-refractivity contribution is 0.0628. The van der Waals surface area contributed by atoms with E-state index < -0.39 is 0 Å². The number of aromatic nitrogens is 2. The quantitative estimate of drug-likeness (QED) is 0.376. The summed E-state index contributed by atoms with van der Waals surface area (Å²) in [7, 11) is 0. The highest BCUT2D eigenvalue weighted by molar-refractivity contribution is 14.1. The topological polar surface area (TPSA) is 52.2 Å². The summed E-state index contributed by atoms with van der Waals surface area (Å²) in [5.41, 5.74) is 5.35. The Morgan fingerprint density at radius 2 is 1.75 bits per heavy atom. The van der Waals surface area contributed by atoms with Crippen molar-refractivity contribution in [1.29, 1.82) is 0 Å². The highest BCUT2D eigenvalue weighted by atomic mass is 127. The first-order valence-electron chi connectivity index (χ1n) is 10.9. The zero-order valence-corrected chi connectivity index (χ0v) is 20.0. The van der Waals surface area contributed by atoms with Crippen LogP contribution in [0.2, 0.25) is 0 Å². The van der Waals surface area contributed by atoms with E-state index in [-0.39, 0.29) is 5.91 Å². The molecule has 0 bridgehead atoms. The van der Waals surface area contributed by atoms with Crippen LogP contribution in [0.3, 0.4) is 0 Å². The molecule has 6 heteroatoms. The van der Waals surface area contributed by atoms with Crippen molar-refractivity contribution in [1.82, 2.24) is 19.8 Å². The summed E-state index contributed by atoms with van der Waals surface area (Å²) >= 11 is 2.30. The highest BCUT2D eigenvalue weighted by Gasteiger charge is 2.23. The minimum atomic E-state index is 0.0772. The summed E-state index contributed by atoms with van der Waals surface area (Å²) in [6.45, 7) is 4.22. The fraction of sp³-hybridized carbons (Fsp3) is 0.231. The van der Waals surface area contributed by atoms with Crippen LogP contribution in [0.15, 0.2) is 73.1 Å². The molecule has 0 aliphatic carbocycles. The minimum Gasteiger partial charge on any atom is -0.361 e. The molecule has 0 spiro atoms. The van der Waals surface area contributed by atoms with Gasteiger partial charge in [0.25, 0.3) is 5.91 Å². The third kappa shape index (κ3) is 4.56. The molecule has 1 aliphatic rings. The molecule has 5 nitrogen and oxygen atoms in total. The molecule has 0 radical (unpaired) electrons. The summed E-state index contributed by atoms with van der Waals surface area (Å²) in [5, 5.41) is 1.22. The van der Waals surface area contributed by atoms with Crippen molar-refractivity contribution in [3.05, 3.63) is 99.0 Å². The van der Waals surface area contributed by atoms with Crippen molar-refractivity contribution in [3.63, 3.8) is 0 Å². The number of amides is 1. The van der Waals surface area contributed by atoms with Crippen LogP contribution >= 0.6 is 22.6 Å². The van der Waals surface area contributed by atoms with Crippen LogP contribution in [-0.2, 0) is 13.0 Å². The van der Waals surface area contributed by atoms with Gasteiger partial charge in [-0.25, -0.2) is 0 Å². The Labute approximate surface area is 201 Å². The van der Waals surface area contributed by atoms with Gasteiger partial charge in [0, 0.05) is 66.0 Å². The molecule has 1 saturated heterocycles. The van der Waals surface area contributed by atoms with Gasteiger partial charge in [0.1, 0.15) is 0 Å². The Morgan fingerprint density at radius 1 is 1.00 bits per heavy atom. The molecule has 2 aromatic heterocycles. The number of para-hydroxylation sites is 1. The maximum atomic E-state index is 13.1. The zero-order valence-electron chi connectivity index (χ0n) is 17.8. The second-order valence-corrected chi connectivity index (χ2v) is 9.40. The van der Waals surface area contributed by atoms with E-state index in [9.17, 15) is 4.79 Å². The molecule has 162 valence electrons. The maximum Gasteiger partial charge on any atom is 0.255 e. The number of nitrogens with zero attached hydrogens (tertiary/aromatic N) is 3. The third-order valence-electron chi connectivity index (χ3n) is 6.11. The highest BCUT2D eigenvalue weighted by Crippen LogP contribution is 2.23. The second kappa shape index (κ2) is 9.42. The van der Waals surface area contributed by atoms with Gasteiger partial charge in [-0.3, -0.25) is 14.7 Å². The number of benzene rings is 2. The molecule has 0 atom stereocenters. The predicted molar refractivity (Wildman–Crippen MR) is 136 cm³/mol. The van der Waals surface area contributed by atoms with E-state index >= 15 is 0 Å². The fourth-order valence-electron chi connectivity index (χ4n) is 4.30. The molecule has 32 heavy (non-hydrogen) atoms. The first kappa shape index (κ1) is 21.2. The van der Waals surface area contributed by atoms with Gasteiger partial charge in [-0.15, -0.1) is 0 Å². The van der Waals surface area contributed by atoms with Crippen LogP contribution in [0.4, 0.5) is 0 Å². The lowest BCUT2D eigenvalue weighted by atomic mass is 10.1. The van der Waals surface area contributed by atoms with E-state index in [1.807, 2.05) is 23.1 Å². The number of H-pyrrole nitrogens is 1. The molecule has 1 aliphatic heterocycles. The Hall–Kier alpha value is -2.71. The zero-order chi connectivity index (χ0) is 21.9. The molecule has 3 heterocycles. The van der Waals surface area contributed by atoms with Crippen LogP contribution in [0.5, 0.6) is 0 Å². The third-order valence-corrected chi connectivity index (χ3v) is 7.04. The van der Waals surface area contributed by atoms with Gasteiger partial charge in [-0.05, 0) is 45.9 Å². The lowest BCUT2D eigenvalue weighted by Gasteiger charge is -2.34. The van der Waals surface area contributed by atoms with Gasteiger partial charge >= 0.3 is 0 Å². The number of halogens is 1. The molecular formula is C26H25IN4O. The lowest BCUT2D eigenvalue weighted by Crippen LogP contribution is -2.48. The van der Waals surface area contributed by atoms with Crippen molar-refractivity contribution in [2.75, 3.05) is 26.2 Å². The van der Waals surface area contributed by atoms with E-state index in [0.717, 1.165) is 53.9 Å². The number of hydrogen-bond acceptors (Lipinski definition) is 3. The van der Waals surface area contributed by atoms with Gasteiger partial charge in [0.05, 0.1) is 11.3 Å². The SMILES string of the molecule is O=C(c1cnc(Cc2c[nH]c3ccccc23)c(I)c1)N1CCN(Cc2ccccc2)CC1. The fourth-order valence-corrected chi connectivity index (χ4v) is 4.97. The van der Waals surface area contributed by atoms with Gasteiger partial charge in [0.2, 0.25) is 0 Å². The van der Waals surface area contributed by atoms with Gasteiger partial charge in [0.15, 0.2) is 0 Å². The van der Waals surface area contributed by atoms with Gasteiger partial charge in [-0.2, -0.15) is 0 Å². The summed E-state index contributed by atoms with van der Waals surface area (Å²) in [5.74, 6) is 0.0772. The maximum absolute atomic E-state index is 13.1. The van der Waals surface area contributed by atoms with Gasteiger partial charge < -0.3 is 9.88 Å². The summed E-state index contributed by atoms with van der Waals surface area (Å²) < 4.78 is 1.03. The molecule has 5 rings (SSSR count).